The van der Waals surface area contributed by atoms with Crippen LogP contribution in [0.5, 0.6) is 0 Å². The Labute approximate surface area is 131 Å². The first-order chi connectivity index (χ1) is 8.81. The summed E-state index contributed by atoms with van der Waals surface area (Å²) < 4.78 is 4.74. The molecule has 1 fully saturated rings. The number of carbonyl (C=O) groups excluding carboxylic acids is 1. The third-order valence-electron chi connectivity index (χ3n) is 3.23. The summed E-state index contributed by atoms with van der Waals surface area (Å²) in [4.78, 5) is 15.8. The van der Waals surface area contributed by atoms with Crippen molar-refractivity contribution in [2.45, 2.75) is 12.8 Å². The lowest BCUT2D eigenvalue weighted by atomic mass is 9.98. The Morgan fingerprint density at radius 2 is 2.15 bits per heavy atom. The Morgan fingerprint density at radius 1 is 1.45 bits per heavy atom. The van der Waals surface area contributed by atoms with Crippen molar-refractivity contribution < 1.29 is 9.53 Å². The highest BCUT2D eigenvalue weighted by atomic mass is 35.5. The van der Waals surface area contributed by atoms with Crippen LogP contribution in [0, 0.1) is 5.92 Å². The molecule has 1 aliphatic rings. The molecule has 114 valence electrons. The van der Waals surface area contributed by atoms with Crippen molar-refractivity contribution in [2.75, 3.05) is 32.1 Å². The highest BCUT2D eigenvalue weighted by molar-refractivity contribution is 5.94. The summed E-state index contributed by atoms with van der Waals surface area (Å²) in [6.07, 6.45) is 4.00. The molecule has 0 aromatic carbocycles. The van der Waals surface area contributed by atoms with Crippen LogP contribution >= 0.6 is 24.8 Å². The average Bonchev–Trinajstić information content (AvgIpc) is 2.45. The molecule has 20 heavy (non-hydrogen) atoms. The Balaban J connectivity index is 0.00000180. The van der Waals surface area contributed by atoms with Gasteiger partial charge in [0.05, 0.1) is 7.11 Å². The van der Waals surface area contributed by atoms with Crippen molar-refractivity contribution in [3.8, 4) is 0 Å². The van der Waals surface area contributed by atoms with Crippen molar-refractivity contribution >= 4 is 36.6 Å². The summed E-state index contributed by atoms with van der Waals surface area (Å²) in [7, 11) is 1.38. The maximum absolute atomic E-state index is 11.6. The van der Waals surface area contributed by atoms with Crippen LogP contribution in [0.1, 0.15) is 23.2 Å². The molecule has 0 unspecified atom stereocenters. The maximum atomic E-state index is 11.6. The van der Waals surface area contributed by atoms with Crippen LogP contribution in [0.25, 0.3) is 0 Å². The molecular weight excluding hydrogens is 301 g/mol. The van der Waals surface area contributed by atoms with Crippen molar-refractivity contribution in [3.05, 3.63) is 23.9 Å². The van der Waals surface area contributed by atoms with Gasteiger partial charge in [0.25, 0.3) is 0 Å². The number of rotatable bonds is 4. The Hall–Kier alpha value is -1.04. The van der Waals surface area contributed by atoms with Crippen molar-refractivity contribution in [2.24, 2.45) is 5.92 Å². The van der Waals surface area contributed by atoms with Crippen LogP contribution in [0.15, 0.2) is 18.3 Å². The number of nitrogens with one attached hydrogen (secondary N) is 2. The summed E-state index contributed by atoms with van der Waals surface area (Å²) in [6, 6.07) is 3.46. The number of pyridine rings is 1. The lowest BCUT2D eigenvalue weighted by molar-refractivity contribution is 0.0601. The van der Waals surface area contributed by atoms with Gasteiger partial charge in [0, 0.05) is 12.7 Å². The van der Waals surface area contributed by atoms with E-state index in [0.29, 0.717) is 17.3 Å². The molecule has 2 rings (SSSR count). The zero-order valence-corrected chi connectivity index (χ0v) is 13.1. The fourth-order valence-corrected chi connectivity index (χ4v) is 2.15. The third-order valence-corrected chi connectivity index (χ3v) is 3.23. The molecule has 0 saturated carbocycles. The van der Waals surface area contributed by atoms with Crippen LogP contribution < -0.4 is 10.6 Å². The van der Waals surface area contributed by atoms with Gasteiger partial charge in [0.1, 0.15) is 11.4 Å². The minimum atomic E-state index is -0.351. The molecule has 0 radical (unpaired) electrons. The highest BCUT2D eigenvalue weighted by Gasteiger charge is 2.16. The number of esters is 1. The number of nitrogens with zero attached hydrogens (tertiary/aromatic N) is 1. The van der Waals surface area contributed by atoms with E-state index in [1.165, 1.54) is 7.11 Å². The first-order valence-corrected chi connectivity index (χ1v) is 6.29. The average molecular weight is 322 g/mol. The van der Waals surface area contributed by atoms with Gasteiger partial charge in [-0.3, -0.25) is 0 Å². The van der Waals surface area contributed by atoms with E-state index in [-0.39, 0.29) is 30.8 Å². The monoisotopic (exact) mass is 321 g/mol. The maximum Gasteiger partial charge on any atom is 0.341 e. The molecule has 7 heteroatoms. The molecule has 2 N–H and O–H groups in total. The number of carbonyl (C=O) groups is 1. The van der Waals surface area contributed by atoms with Gasteiger partial charge in [0.2, 0.25) is 0 Å². The molecule has 1 saturated heterocycles. The number of anilines is 1. The van der Waals surface area contributed by atoms with E-state index in [0.717, 1.165) is 32.5 Å². The number of halogens is 2. The summed E-state index contributed by atoms with van der Waals surface area (Å²) in [5, 5.41) is 6.59. The molecular formula is C13H21Cl2N3O2. The van der Waals surface area contributed by atoms with Gasteiger partial charge in [-0.15, -0.1) is 24.8 Å². The summed E-state index contributed by atoms with van der Waals surface area (Å²) in [6.45, 7) is 2.99. The molecule has 1 aromatic rings. The quantitative estimate of drug-likeness (QED) is 0.832. The van der Waals surface area contributed by atoms with Gasteiger partial charge in [-0.1, -0.05) is 0 Å². The SMILES string of the molecule is COC(=O)c1cccnc1NCC1CCNCC1.Cl.Cl. The van der Waals surface area contributed by atoms with E-state index >= 15 is 0 Å². The van der Waals surface area contributed by atoms with E-state index in [4.69, 9.17) is 4.74 Å². The van der Waals surface area contributed by atoms with Crippen LogP contribution in [-0.4, -0.2) is 37.7 Å². The zero-order chi connectivity index (χ0) is 12.8. The molecule has 0 atom stereocenters. The van der Waals surface area contributed by atoms with E-state index < -0.39 is 0 Å². The Kier molecular flexibility index (Phi) is 9.29. The smallest absolute Gasteiger partial charge is 0.341 e. The highest BCUT2D eigenvalue weighted by Crippen LogP contribution is 2.16. The standard InChI is InChI=1S/C13H19N3O2.2ClH/c1-18-13(17)11-3-2-6-15-12(11)16-9-10-4-7-14-8-5-10;;/h2-3,6,10,14H,4-5,7-9H2,1H3,(H,15,16);2*1H. The molecule has 2 heterocycles. The first-order valence-electron chi connectivity index (χ1n) is 6.29. The minimum absolute atomic E-state index is 0. The number of ether oxygens (including phenoxy) is 1. The largest absolute Gasteiger partial charge is 0.465 e. The predicted octanol–water partition coefficient (Wildman–Crippen LogP) is 2.12. The lowest BCUT2D eigenvalue weighted by Crippen LogP contribution is -2.31. The van der Waals surface area contributed by atoms with Gasteiger partial charge in [-0.25, -0.2) is 9.78 Å². The Morgan fingerprint density at radius 3 is 2.80 bits per heavy atom. The number of hydrogen-bond acceptors (Lipinski definition) is 5. The van der Waals surface area contributed by atoms with E-state index in [2.05, 4.69) is 15.6 Å². The molecule has 0 aliphatic carbocycles. The topological polar surface area (TPSA) is 63.2 Å². The number of hydrogen-bond donors (Lipinski definition) is 2. The van der Waals surface area contributed by atoms with Crippen LogP contribution in [0.2, 0.25) is 0 Å². The molecule has 1 aliphatic heterocycles. The molecule has 0 bridgehead atoms. The fourth-order valence-electron chi connectivity index (χ4n) is 2.15. The van der Waals surface area contributed by atoms with E-state index in [1.54, 1.807) is 18.3 Å². The minimum Gasteiger partial charge on any atom is -0.465 e. The zero-order valence-electron chi connectivity index (χ0n) is 11.4. The summed E-state index contributed by atoms with van der Waals surface area (Å²) in [5.74, 6) is 0.901. The lowest BCUT2D eigenvalue weighted by Gasteiger charge is -2.23. The van der Waals surface area contributed by atoms with Crippen molar-refractivity contribution in [1.29, 1.82) is 0 Å². The number of piperidine rings is 1. The van der Waals surface area contributed by atoms with Gasteiger partial charge in [0.15, 0.2) is 0 Å². The second kappa shape index (κ2) is 9.80. The molecule has 1 aromatic heterocycles. The fraction of sp³-hybridized carbons (Fsp3) is 0.538. The van der Waals surface area contributed by atoms with Crippen LogP contribution in [-0.2, 0) is 4.74 Å². The number of aromatic nitrogens is 1. The van der Waals surface area contributed by atoms with Gasteiger partial charge in [-0.05, 0) is 44.0 Å². The summed E-state index contributed by atoms with van der Waals surface area (Å²) >= 11 is 0. The third kappa shape index (κ3) is 5.15. The molecule has 0 spiro atoms. The predicted molar refractivity (Wildman–Crippen MR) is 84.2 cm³/mol. The van der Waals surface area contributed by atoms with Crippen molar-refractivity contribution in [1.82, 2.24) is 10.3 Å². The second-order valence-electron chi connectivity index (χ2n) is 4.47. The Bertz CT molecular complexity index is 412. The van der Waals surface area contributed by atoms with E-state index in [9.17, 15) is 4.79 Å². The normalized spacial score (nSPS) is 14.7. The van der Waals surface area contributed by atoms with Crippen LogP contribution in [0.4, 0.5) is 5.82 Å². The van der Waals surface area contributed by atoms with E-state index in [1.807, 2.05) is 0 Å². The van der Waals surface area contributed by atoms with Crippen LogP contribution in [0.3, 0.4) is 0 Å². The first kappa shape index (κ1) is 19.0. The number of methoxy groups -OCH3 is 1. The van der Waals surface area contributed by atoms with Gasteiger partial charge >= 0.3 is 5.97 Å². The second-order valence-corrected chi connectivity index (χ2v) is 4.47. The van der Waals surface area contributed by atoms with Gasteiger partial charge < -0.3 is 15.4 Å². The molecule has 0 amide bonds. The van der Waals surface area contributed by atoms with Gasteiger partial charge in [-0.2, -0.15) is 0 Å². The van der Waals surface area contributed by atoms with Crippen molar-refractivity contribution in [3.63, 3.8) is 0 Å². The summed E-state index contributed by atoms with van der Waals surface area (Å²) in [5.41, 5.74) is 0.494. The molecule has 5 nitrogen and oxygen atoms in total.